The maximum atomic E-state index is 11.1. The molecule has 16 heteroatoms. The molecule has 0 spiro atoms. The Kier molecular flexibility index (Phi) is 24.1. The number of allylic oxidation sites excluding steroid dienone is 4. The van der Waals surface area contributed by atoms with Crippen molar-refractivity contribution < 1.29 is 152 Å². The topological polar surface area (TPSA) is 177 Å². The van der Waals surface area contributed by atoms with Gasteiger partial charge < -0.3 is 33.8 Å². The zero-order valence-electron chi connectivity index (χ0n) is 19.4. The summed E-state index contributed by atoms with van der Waals surface area (Å²) in [4.78, 5) is 44.3. The fourth-order valence-corrected chi connectivity index (χ4v) is 4.06. The van der Waals surface area contributed by atoms with Crippen LogP contribution < -0.4 is 138 Å². The summed E-state index contributed by atoms with van der Waals surface area (Å²) in [7, 11) is -12.3. The van der Waals surface area contributed by atoms with E-state index in [2.05, 4.69) is 16.4 Å². The number of aliphatic hydroxyl groups is 1. The SMILES string of the molecule is CC(C)=CCC/C(C)=C/CCc1cn(CC(O)(P(=O)([O-])[O-])P(=O)([O-])[O-])nn1.[Na+].[Na+].[Na+].[Na+]. The molecule has 1 N–H and O–H groups in total. The van der Waals surface area contributed by atoms with Crippen LogP contribution >= 0.6 is 15.2 Å². The molecule has 0 aliphatic carbocycles. The van der Waals surface area contributed by atoms with E-state index in [1.165, 1.54) is 17.3 Å². The molecule has 0 saturated carbocycles. The number of hydrogen-bond donors (Lipinski definition) is 1. The van der Waals surface area contributed by atoms with Crippen LogP contribution in [0.25, 0.3) is 0 Å². The van der Waals surface area contributed by atoms with Gasteiger partial charge in [-0.25, -0.2) is 4.68 Å². The second-order valence-corrected chi connectivity index (χ2v) is 10.4. The molecule has 1 aromatic heterocycles. The third kappa shape index (κ3) is 14.3. The van der Waals surface area contributed by atoms with Crippen LogP contribution in [0.4, 0.5) is 0 Å². The maximum absolute atomic E-state index is 11.1. The maximum Gasteiger partial charge on any atom is 1.00 e. The van der Waals surface area contributed by atoms with Crippen LogP contribution in [0.15, 0.2) is 29.5 Å². The minimum absolute atomic E-state index is 0. The smallest absolute Gasteiger partial charge is 0.808 e. The van der Waals surface area contributed by atoms with Gasteiger partial charge in [0.2, 0.25) is 0 Å². The van der Waals surface area contributed by atoms with Gasteiger partial charge in [-0.1, -0.05) is 28.5 Å². The third-order valence-corrected chi connectivity index (χ3v) is 7.33. The molecule has 31 heavy (non-hydrogen) atoms. The van der Waals surface area contributed by atoms with Gasteiger partial charge in [-0.3, -0.25) is 0 Å². The predicted octanol–water partition coefficient (Wildman–Crippen LogP) is -12.6. The molecule has 0 bridgehead atoms. The summed E-state index contributed by atoms with van der Waals surface area (Å²) in [5.41, 5.74) is 2.83. The van der Waals surface area contributed by atoms with E-state index in [-0.39, 0.29) is 118 Å². The van der Waals surface area contributed by atoms with Gasteiger partial charge in [0, 0.05) is 6.20 Å². The van der Waals surface area contributed by atoms with Gasteiger partial charge in [-0.15, -0.1) is 5.10 Å². The number of hydrogen-bond acceptors (Lipinski definition) is 9. The van der Waals surface area contributed by atoms with Crippen LogP contribution in [0.2, 0.25) is 0 Å². The first-order valence-electron chi connectivity index (χ1n) is 8.21. The molecular formula is C15H23N3Na4O7P2. The number of aromatic nitrogens is 3. The molecule has 0 unspecified atom stereocenters. The van der Waals surface area contributed by atoms with Crippen molar-refractivity contribution in [3.05, 3.63) is 35.2 Å². The predicted molar refractivity (Wildman–Crippen MR) is 90.9 cm³/mol. The van der Waals surface area contributed by atoms with Crippen molar-refractivity contribution in [1.29, 1.82) is 0 Å². The Bertz CT molecular complexity index is 782. The molecule has 10 nitrogen and oxygen atoms in total. The number of nitrogens with zero attached hydrogens (tertiary/aromatic N) is 3. The molecule has 1 rings (SSSR count). The van der Waals surface area contributed by atoms with E-state index in [1.54, 1.807) is 0 Å². The van der Waals surface area contributed by atoms with Crippen molar-refractivity contribution in [1.82, 2.24) is 15.0 Å². The zero-order chi connectivity index (χ0) is 20.9. The van der Waals surface area contributed by atoms with Gasteiger partial charge >= 0.3 is 118 Å². The van der Waals surface area contributed by atoms with Crippen molar-refractivity contribution in [2.75, 3.05) is 0 Å². The first-order chi connectivity index (χ1) is 12.3. The average Bonchev–Trinajstić information content (AvgIpc) is 2.91. The second-order valence-electron chi connectivity index (χ2n) is 6.59. The second kappa shape index (κ2) is 18.2. The van der Waals surface area contributed by atoms with Crippen LogP contribution in [0.3, 0.4) is 0 Å². The van der Waals surface area contributed by atoms with E-state index in [1.807, 2.05) is 26.8 Å². The molecule has 0 aliphatic rings. The van der Waals surface area contributed by atoms with Crippen molar-refractivity contribution in [3.63, 3.8) is 0 Å². The Morgan fingerprint density at radius 1 is 1.03 bits per heavy atom. The Morgan fingerprint density at radius 2 is 1.55 bits per heavy atom. The molecule has 1 heterocycles. The summed E-state index contributed by atoms with van der Waals surface area (Å²) >= 11 is 0. The normalized spacial score (nSPS) is 11.9. The van der Waals surface area contributed by atoms with E-state index in [0.717, 1.165) is 12.8 Å². The summed E-state index contributed by atoms with van der Waals surface area (Å²) in [6.07, 6.45) is 8.23. The Balaban J connectivity index is -0.000000911. The first kappa shape index (κ1) is 41.0. The summed E-state index contributed by atoms with van der Waals surface area (Å²) in [6.45, 7) is 4.73. The summed E-state index contributed by atoms with van der Waals surface area (Å²) in [5, 5.41) is 12.8. The van der Waals surface area contributed by atoms with Crippen molar-refractivity contribution in [2.24, 2.45) is 0 Å². The molecule has 154 valence electrons. The Hall–Kier alpha value is 2.88. The molecule has 0 aliphatic heterocycles. The fourth-order valence-electron chi connectivity index (χ4n) is 2.23. The van der Waals surface area contributed by atoms with E-state index >= 15 is 0 Å². The van der Waals surface area contributed by atoms with Crippen LogP contribution in [0.5, 0.6) is 0 Å². The van der Waals surface area contributed by atoms with Gasteiger partial charge in [-0.05, 0) is 61.6 Å². The third-order valence-electron chi connectivity index (χ3n) is 3.82. The van der Waals surface area contributed by atoms with Crippen molar-refractivity contribution >= 4 is 15.2 Å². The van der Waals surface area contributed by atoms with Gasteiger partial charge in [0.05, 0.1) is 12.2 Å². The quantitative estimate of drug-likeness (QED) is 0.182. The molecule has 0 aromatic carbocycles. The van der Waals surface area contributed by atoms with E-state index in [0.29, 0.717) is 23.2 Å². The van der Waals surface area contributed by atoms with Crippen LogP contribution in [-0.4, -0.2) is 25.2 Å². The van der Waals surface area contributed by atoms with Crippen LogP contribution in [0, 0.1) is 0 Å². The monoisotopic (exact) mass is 511 g/mol. The van der Waals surface area contributed by atoms with Gasteiger partial charge in [0.25, 0.3) is 0 Å². The molecule has 0 radical (unpaired) electrons. The minimum atomic E-state index is -6.15. The molecule has 0 fully saturated rings. The molecule has 0 atom stereocenters. The average molecular weight is 511 g/mol. The standard InChI is InChI=1S/C15H27N3O7P2.4Na/c1-12(2)6-4-7-13(3)8-5-9-14-10-18(17-16-14)11-15(19,26(20,21)22)27(23,24)25;;;;/h6,8,10,19H,4-5,7,9,11H2,1-3H3,(H2,20,21,22)(H2,23,24,25);;;;/q;4*+1/p-4/b13-8+;;;;. The summed E-state index contributed by atoms with van der Waals surface area (Å²) < 4.78 is 22.8. The minimum Gasteiger partial charge on any atom is -0.808 e. The van der Waals surface area contributed by atoms with E-state index < -0.39 is 26.8 Å². The Labute approximate surface area is 271 Å². The van der Waals surface area contributed by atoms with Crippen molar-refractivity contribution in [2.45, 2.75) is 58.1 Å². The largest absolute Gasteiger partial charge is 1.00 e. The fraction of sp³-hybridized carbons (Fsp3) is 0.600. The number of rotatable bonds is 10. The number of aryl methyl sites for hydroxylation is 1. The summed E-state index contributed by atoms with van der Waals surface area (Å²) in [5.74, 6) is 0. The van der Waals surface area contributed by atoms with E-state index in [9.17, 15) is 33.8 Å². The van der Waals surface area contributed by atoms with Gasteiger partial charge in [0.15, 0.2) is 0 Å². The molecular weight excluding hydrogens is 488 g/mol. The molecule has 1 aromatic rings. The molecule has 0 saturated heterocycles. The molecule has 0 amide bonds. The Morgan fingerprint density at radius 3 is 2.00 bits per heavy atom. The summed E-state index contributed by atoms with van der Waals surface area (Å²) in [6, 6.07) is 0. The van der Waals surface area contributed by atoms with Crippen molar-refractivity contribution in [3.8, 4) is 0 Å². The van der Waals surface area contributed by atoms with Crippen LogP contribution in [-0.2, 0) is 22.1 Å². The first-order valence-corrected chi connectivity index (χ1v) is 11.3. The van der Waals surface area contributed by atoms with Crippen LogP contribution in [0.1, 0.15) is 45.7 Å². The van der Waals surface area contributed by atoms with Gasteiger partial charge in [-0.2, -0.15) is 0 Å². The zero-order valence-corrected chi connectivity index (χ0v) is 29.2. The van der Waals surface area contributed by atoms with E-state index in [4.69, 9.17) is 0 Å². The van der Waals surface area contributed by atoms with Gasteiger partial charge in [0.1, 0.15) is 5.08 Å².